The molecule has 0 aromatic heterocycles. The molecule has 1 saturated heterocycles. The molecule has 3 aliphatic rings. The summed E-state index contributed by atoms with van der Waals surface area (Å²) in [5.74, 6) is 0.537. The summed E-state index contributed by atoms with van der Waals surface area (Å²) < 4.78 is 25.9. The summed E-state index contributed by atoms with van der Waals surface area (Å²) in [4.78, 5) is 15.3. The molecule has 5 nitrogen and oxygen atoms in total. The number of rotatable bonds is 5. The van der Waals surface area contributed by atoms with E-state index < -0.39 is 10.0 Å². The van der Waals surface area contributed by atoms with E-state index in [0.29, 0.717) is 29.8 Å². The molecule has 3 fully saturated rings. The van der Waals surface area contributed by atoms with Crippen molar-refractivity contribution in [1.29, 1.82) is 0 Å². The number of amides is 1. The molecule has 2 saturated carbocycles. The quantitative estimate of drug-likeness (QED) is 0.748. The predicted molar refractivity (Wildman–Crippen MR) is 112 cm³/mol. The molecule has 1 heterocycles. The number of carbonyl (C=O) groups is 1. The van der Waals surface area contributed by atoms with E-state index in [9.17, 15) is 13.2 Å². The molecule has 28 heavy (non-hydrogen) atoms. The molecule has 2 aliphatic carbocycles. The zero-order valence-electron chi connectivity index (χ0n) is 17.4. The minimum atomic E-state index is -3.32. The lowest BCUT2D eigenvalue weighted by atomic mass is 9.65. The Labute approximate surface area is 169 Å². The number of likely N-dealkylation sites (tertiary alicyclic amines) is 1. The monoisotopic (exact) mass is 404 g/mol. The first-order valence-electron chi connectivity index (χ1n) is 10.3. The summed E-state index contributed by atoms with van der Waals surface area (Å²) in [6.07, 6.45) is 6.73. The van der Waals surface area contributed by atoms with Gasteiger partial charge in [-0.05, 0) is 73.1 Å². The van der Waals surface area contributed by atoms with Crippen molar-refractivity contribution in [2.45, 2.75) is 58.9 Å². The Morgan fingerprint density at radius 1 is 1.14 bits per heavy atom. The van der Waals surface area contributed by atoms with Gasteiger partial charge in [-0.3, -0.25) is 9.10 Å². The van der Waals surface area contributed by atoms with Gasteiger partial charge in [-0.2, -0.15) is 0 Å². The van der Waals surface area contributed by atoms with Crippen LogP contribution in [0.4, 0.5) is 5.69 Å². The van der Waals surface area contributed by atoms with E-state index in [-0.39, 0.29) is 16.7 Å². The molecule has 4 rings (SSSR count). The lowest BCUT2D eigenvalue weighted by Gasteiger charge is -2.39. The van der Waals surface area contributed by atoms with Crippen molar-refractivity contribution in [1.82, 2.24) is 4.90 Å². The van der Waals surface area contributed by atoms with Crippen LogP contribution in [0, 0.1) is 16.7 Å². The van der Waals surface area contributed by atoms with Crippen LogP contribution in [0.25, 0.3) is 0 Å². The molecule has 1 amide bonds. The first-order chi connectivity index (χ1) is 13.0. The predicted octanol–water partition coefficient (Wildman–Crippen LogP) is 3.90. The fraction of sp³-hybridized carbons (Fsp3) is 0.682. The van der Waals surface area contributed by atoms with Crippen molar-refractivity contribution < 1.29 is 13.2 Å². The van der Waals surface area contributed by atoms with Gasteiger partial charge in [0.05, 0.1) is 11.9 Å². The van der Waals surface area contributed by atoms with Gasteiger partial charge in [0.2, 0.25) is 10.0 Å². The number of nitrogens with zero attached hydrogens (tertiary/aromatic N) is 2. The molecule has 1 aromatic rings. The van der Waals surface area contributed by atoms with Gasteiger partial charge in [0.1, 0.15) is 0 Å². The Balaban J connectivity index is 1.53. The normalized spacial score (nSPS) is 29.0. The van der Waals surface area contributed by atoms with Crippen LogP contribution in [-0.4, -0.2) is 44.6 Å². The average Bonchev–Trinajstić information content (AvgIpc) is 3.34. The fourth-order valence-corrected chi connectivity index (χ4v) is 6.59. The average molecular weight is 405 g/mol. The van der Waals surface area contributed by atoms with Gasteiger partial charge in [0, 0.05) is 24.7 Å². The summed E-state index contributed by atoms with van der Waals surface area (Å²) >= 11 is 0. The van der Waals surface area contributed by atoms with Crippen molar-refractivity contribution in [3.05, 3.63) is 29.8 Å². The number of carbonyl (C=O) groups excluding carboxylic acids is 1. The van der Waals surface area contributed by atoms with Crippen LogP contribution < -0.4 is 4.31 Å². The van der Waals surface area contributed by atoms with Crippen LogP contribution in [0.1, 0.15) is 63.2 Å². The van der Waals surface area contributed by atoms with Crippen LogP contribution in [0.15, 0.2) is 24.3 Å². The van der Waals surface area contributed by atoms with Gasteiger partial charge in [0.25, 0.3) is 5.91 Å². The third-order valence-electron chi connectivity index (χ3n) is 6.60. The van der Waals surface area contributed by atoms with Gasteiger partial charge >= 0.3 is 0 Å². The second-order valence-electron chi connectivity index (χ2n) is 10.4. The molecule has 2 unspecified atom stereocenters. The number of hydrogen-bond donors (Lipinski definition) is 0. The molecular formula is C22H32N2O3S. The standard InChI is InChI=1S/C22H32N2O3S/c1-21(2)11-19-12-22(3,14-21)15-23(19)20(25)17-7-9-18(10-8-17)24(28(4,26)27)13-16-5-6-16/h7-10,16,19H,5-6,11-15H2,1-4H3. The highest BCUT2D eigenvalue weighted by atomic mass is 32.2. The van der Waals surface area contributed by atoms with E-state index in [0.717, 1.165) is 38.6 Å². The molecule has 154 valence electrons. The fourth-order valence-electron chi connectivity index (χ4n) is 5.60. The molecule has 1 aromatic carbocycles. The smallest absolute Gasteiger partial charge is 0.254 e. The van der Waals surface area contributed by atoms with Gasteiger partial charge in [-0.15, -0.1) is 0 Å². The number of benzene rings is 1. The van der Waals surface area contributed by atoms with E-state index in [1.165, 1.54) is 10.6 Å². The minimum Gasteiger partial charge on any atom is -0.335 e. The molecular weight excluding hydrogens is 372 g/mol. The molecule has 0 spiro atoms. The third-order valence-corrected chi connectivity index (χ3v) is 7.76. The Morgan fingerprint density at radius 2 is 1.79 bits per heavy atom. The van der Waals surface area contributed by atoms with Crippen molar-refractivity contribution in [2.75, 3.05) is 23.7 Å². The maximum Gasteiger partial charge on any atom is 0.254 e. The lowest BCUT2D eigenvalue weighted by Crippen LogP contribution is -2.37. The van der Waals surface area contributed by atoms with Crippen molar-refractivity contribution in [3.63, 3.8) is 0 Å². The van der Waals surface area contributed by atoms with E-state index >= 15 is 0 Å². The summed E-state index contributed by atoms with van der Waals surface area (Å²) in [5.41, 5.74) is 1.78. The van der Waals surface area contributed by atoms with Gasteiger partial charge in [-0.25, -0.2) is 8.42 Å². The van der Waals surface area contributed by atoms with Crippen LogP contribution in [0.5, 0.6) is 0 Å². The lowest BCUT2D eigenvalue weighted by molar-refractivity contribution is 0.0708. The van der Waals surface area contributed by atoms with E-state index in [4.69, 9.17) is 0 Å². The van der Waals surface area contributed by atoms with Crippen molar-refractivity contribution >= 4 is 21.6 Å². The summed E-state index contributed by atoms with van der Waals surface area (Å²) in [5, 5.41) is 0. The molecule has 6 heteroatoms. The maximum absolute atomic E-state index is 13.2. The highest BCUT2D eigenvalue weighted by molar-refractivity contribution is 7.92. The summed E-state index contributed by atoms with van der Waals surface area (Å²) in [6.45, 7) is 8.27. The summed E-state index contributed by atoms with van der Waals surface area (Å²) in [6, 6.07) is 7.45. The largest absolute Gasteiger partial charge is 0.335 e. The third kappa shape index (κ3) is 3.93. The number of fused-ring (bicyclic) bond motifs is 2. The SMILES string of the molecule is CC1(C)CC2CC(C)(CN2C(=O)c2ccc(N(CC3CC3)S(C)(=O)=O)cc2)C1. The number of anilines is 1. The Morgan fingerprint density at radius 3 is 2.36 bits per heavy atom. The number of sulfonamides is 1. The second kappa shape index (κ2) is 6.48. The van der Waals surface area contributed by atoms with Gasteiger partial charge in [-0.1, -0.05) is 20.8 Å². The van der Waals surface area contributed by atoms with E-state index in [1.807, 2.05) is 0 Å². The Kier molecular flexibility index (Phi) is 4.57. The van der Waals surface area contributed by atoms with Crippen LogP contribution >= 0.6 is 0 Å². The van der Waals surface area contributed by atoms with Crippen LogP contribution in [0.3, 0.4) is 0 Å². The first kappa shape index (κ1) is 19.7. The molecule has 0 N–H and O–H groups in total. The zero-order chi connectivity index (χ0) is 20.3. The van der Waals surface area contributed by atoms with E-state index in [2.05, 4.69) is 25.7 Å². The Hall–Kier alpha value is -1.56. The number of hydrogen-bond acceptors (Lipinski definition) is 3. The van der Waals surface area contributed by atoms with Crippen molar-refractivity contribution in [2.24, 2.45) is 16.7 Å². The Bertz CT molecular complexity index is 874. The van der Waals surface area contributed by atoms with Crippen LogP contribution in [-0.2, 0) is 10.0 Å². The first-order valence-corrected chi connectivity index (χ1v) is 12.2. The van der Waals surface area contributed by atoms with Gasteiger partial charge < -0.3 is 4.90 Å². The molecule has 0 radical (unpaired) electrons. The van der Waals surface area contributed by atoms with Crippen molar-refractivity contribution in [3.8, 4) is 0 Å². The topological polar surface area (TPSA) is 57.7 Å². The second-order valence-corrected chi connectivity index (χ2v) is 12.3. The summed E-state index contributed by atoms with van der Waals surface area (Å²) in [7, 11) is -3.32. The minimum absolute atomic E-state index is 0.0751. The maximum atomic E-state index is 13.2. The molecule has 2 atom stereocenters. The van der Waals surface area contributed by atoms with E-state index in [1.54, 1.807) is 24.3 Å². The van der Waals surface area contributed by atoms with Crippen LogP contribution in [0.2, 0.25) is 0 Å². The van der Waals surface area contributed by atoms with Gasteiger partial charge in [0.15, 0.2) is 0 Å². The molecule has 1 aliphatic heterocycles. The highest BCUT2D eigenvalue weighted by Gasteiger charge is 2.51. The highest BCUT2D eigenvalue weighted by Crippen LogP contribution is 2.52. The molecule has 2 bridgehead atoms. The zero-order valence-corrected chi connectivity index (χ0v) is 18.3.